The number of aliphatic hydroxyl groups is 1. The van der Waals surface area contributed by atoms with Crippen LogP contribution in [-0.2, 0) is 0 Å². The minimum absolute atomic E-state index is 0.167. The van der Waals surface area contributed by atoms with E-state index in [-0.39, 0.29) is 6.10 Å². The molecule has 3 heteroatoms. The first-order valence-corrected chi connectivity index (χ1v) is 7.54. The van der Waals surface area contributed by atoms with Gasteiger partial charge < -0.3 is 10.3 Å². The lowest BCUT2D eigenvalue weighted by atomic mass is 10.00. The Morgan fingerprint density at radius 1 is 0.778 bits per heavy atom. The molecule has 0 atom stereocenters. The fraction of sp³-hybridized carbons (Fsp3) is 0.933. The van der Waals surface area contributed by atoms with Gasteiger partial charge in [-0.1, -0.05) is 50.1 Å². The number of hydrogen-bond donors (Lipinski definition) is 2. The average Bonchev–Trinajstić information content (AvgIpc) is 2.29. The van der Waals surface area contributed by atoms with E-state index < -0.39 is 0 Å². The molecule has 0 aromatic carbocycles. The summed E-state index contributed by atoms with van der Waals surface area (Å²) in [6.45, 7) is 3.44. The van der Waals surface area contributed by atoms with Crippen LogP contribution in [0, 0.1) is 0 Å². The highest BCUT2D eigenvalue weighted by Gasteiger charge is 2.02. The van der Waals surface area contributed by atoms with Gasteiger partial charge in [-0.2, -0.15) is 0 Å². The average molecular weight is 257 g/mol. The predicted octanol–water partition coefficient (Wildman–Crippen LogP) is 4.51. The number of nitrogens with zero attached hydrogens (tertiary/aromatic N) is 1. The molecule has 0 unspecified atom stereocenters. The lowest BCUT2D eigenvalue weighted by Gasteiger charge is -2.07. The van der Waals surface area contributed by atoms with Crippen molar-refractivity contribution < 1.29 is 10.3 Å². The van der Waals surface area contributed by atoms with Gasteiger partial charge in [0, 0.05) is 6.10 Å². The molecule has 1 saturated carbocycles. The second kappa shape index (κ2) is 12.9. The first kappa shape index (κ1) is 17.4. The Morgan fingerprint density at radius 2 is 1.06 bits per heavy atom. The highest BCUT2D eigenvalue weighted by atomic mass is 16.4. The number of aliphatic hydroxyl groups excluding tert-OH is 1. The van der Waals surface area contributed by atoms with E-state index in [9.17, 15) is 0 Å². The van der Waals surface area contributed by atoms with Crippen LogP contribution >= 0.6 is 0 Å². The molecule has 3 nitrogen and oxygen atoms in total. The van der Waals surface area contributed by atoms with Crippen molar-refractivity contribution in [3.8, 4) is 0 Å². The van der Waals surface area contributed by atoms with Gasteiger partial charge in [-0.05, 0) is 39.5 Å². The standard InChI is InChI=1S/C12H23NO.C3H8O/c14-13-12-10-8-6-4-2-1-3-5-7-9-11-12;1-3(2)4/h14H,1-11H2;3-4H,1-2H3. The molecular weight excluding hydrogens is 226 g/mol. The first-order valence-electron chi connectivity index (χ1n) is 7.54. The van der Waals surface area contributed by atoms with Gasteiger partial charge in [0.15, 0.2) is 0 Å². The molecule has 0 heterocycles. The maximum atomic E-state index is 8.78. The third-order valence-electron chi connectivity index (χ3n) is 3.07. The van der Waals surface area contributed by atoms with Gasteiger partial charge in [0.1, 0.15) is 0 Å². The molecule has 0 saturated heterocycles. The Morgan fingerprint density at radius 3 is 1.33 bits per heavy atom. The van der Waals surface area contributed by atoms with Crippen LogP contribution in [0.3, 0.4) is 0 Å². The van der Waals surface area contributed by atoms with Gasteiger partial charge >= 0.3 is 0 Å². The maximum Gasteiger partial charge on any atom is 0.0570 e. The summed E-state index contributed by atoms with van der Waals surface area (Å²) in [5, 5.41) is 20.2. The summed E-state index contributed by atoms with van der Waals surface area (Å²) in [6, 6.07) is 0. The molecule has 2 N–H and O–H groups in total. The van der Waals surface area contributed by atoms with Crippen LogP contribution in [0.15, 0.2) is 5.16 Å². The third kappa shape index (κ3) is 13.5. The van der Waals surface area contributed by atoms with Gasteiger partial charge in [-0.15, -0.1) is 0 Å². The van der Waals surface area contributed by atoms with Crippen LogP contribution < -0.4 is 0 Å². The number of oxime groups is 1. The summed E-state index contributed by atoms with van der Waals surface area (Å²) >= 11 is 0. The summed E-state index contributed by atoms with van der Waals surface area (Å²) in [5.41, 5.74) is 1.02. The minimum Gasteiger partial charge on any atom is -0.411 e. The molecule has 0 aliphatic heterocycles. The molecule has 1 rings (SSSR count). The zero-order valence-electron chi connectivity index (χ0n) is 12.2. The highest BCUT2D eigenvalue weighted by Crippen LogP contribution is 2.15. The molecule has 18 heavy (non-hydrogen) atoms. The monoisotopic (exact) mass is 257 g/mol. The van der Waals surface area contributed by atoms with Crippen molar-refractivity contribution in [3.05, 3.63) is 0 Å². The molecule has 0 aromatic rings. The predicted molar refractivity (Wildman–Crippen MR) is 77.4 cm³/mol. The molecule has 0 aromatic heterocycles. The summed E-state index contributed by atoms with van der Waals surface area (Å²) in [6.07, 6.45) is 13.8. The van der Waals surface area contributed by atoms with E-state index in [0.29, 0.717) is 0 Å². The molecular formula is C15H31NO2. The van der Waals surface area contributed by atoms with E-state index in [0.717, 1.165) is 18.6 Å². The minimum atomic E-state index is -0.167. The van der Waals surface area contributed by atoms with Gasteiger partial charge in [-0.3, -0.25) is 0 Å². The van der Waals surface area contributed by atoms with Crippen LogP contribution in [0.4, 0.5) is 0 Å². The molecule has 108 valence electrons. The Labute approximate surface area is 112 Å². The van der Waals surface area contributed by atoms with Crippen molar-refractivity contribution in [2.75, 3.05) is 0 Å². The lowest BCUT2D eigenvalue weighted by molar-refractivity contribution is 0.216. The van der Waals surface area contributed by atoms with Crippen LogP contribution in [0.2, 0.25) is 0 Å². The lowest BCUT2D eigenvalue weighted by Crippen LogP contribution is -1.99. The van der Waals surface area contributed by atoms with Crippen LogP contribution in [0.1, 0.15) is 84.5 Å². The molecule has 0 spiro atoms. The third-order valence-corrected chi connectivity index (χ3v) is 3.07. The summed E-state index contributed by atoms with van der Waals surface area (Å²) < 4.78 is 0. The number of rotatable bonds is 0. The molecule has 0 amide bonds. The largest absolute Gasteiger partial charge is 0.411 e. The van der Waals surface area contributed by atoms with Crippen molar-refractivity contribution in [3.63, 3.8) is 0 Å². The van der Waals surface area contributed by atoms with E-state index in [2.05, 4.69) is 5.16 Å². The van der Waals surface area contributed by atoms with E-state index >= 15 is 0 Å². The zero-order chi connectivity index (χ0) is 13.6. The van der Waals surface area contributed by atoms with Gasteiger partial charge in [0.05, 0.1) is 5.71 Å². The molecule has 1 fully saturated rings. The summed E-state index contributed by atoms with van der Waals surface area (Å²) in [4.78, 5) is 0. The van der Waals surface area contributed by atoms with Crippen molar-refractivity contribution in [1.29, 1.82) is 0 Å². The quantitative estimate of drug-likeness (QED) is 0.495. The second-order valence-electron chi connectivity index (χ2n) is 5.44. The summed E-state index contributed by atoms with van der Waals surface area (Å²) in [7, 11) is 0. The zero-order valence-corrected chi connectivity index (χ0v) is 12.2. The molecule has 0 bridgehead atoms. The van der Waals surface area contributed by atoms with Crippen molar-refractivity contribution >= 4 is 5.71 Å². The smallest absolute Gasteiger partial charge is 0.0570 e. The van der Waals surface area contributed by atoms with Gasteiger partial charge in [0.2, 0.25) is 0 Å². The van der Waals surface area contributed by atoms with Gasteiger partial charge in [-0.25, -0.2) is 0 Å². The van der Waals surface area contributed by atoms with E-state index in [4.69, 9.17) is 10.3 Å². The Hall–Kier alpha value is -0.570. The molecule has 1 aliphatic carbocycles. The molecule has 0 radical (unpaired) electrons. The Bertz CT molecular complexity index is 186. The maximum absolute atomic E-state index is 8.78. The van der Waals surface area contributed by atoms with Crippen molar-refractivity contribution in [1.82, 2.24) is 0 Å². The Balaban J connectivity index is 0.000000631. The normalized spacial score (nSPS) is 19.2. The first-order chi connectivity index (χ1) is 8.66. The van der Waals surface area contributed by atoms with E-state index in [1.807, 2.05) is 0 Å². The highest BCUT2D eigenvalue weighted by molar-refractivity contribution is 5.83. The van der Waals surface area contributed by atoms with Crippen LogP contribution in [0.5, 0.6) is 0 Å². The van der Waals surface area contributed by atoms with Crippen molar-refractivity contribution in [2.45, 2.75) is 90.6 Å². The number of hydrogen-bond acceptors (Lipinski definition) is 3. The van der Waals surface area contributed by atoms with Gasteiger partial charge in [0.25, 0.3) is 0 Å². The van der Waals surface area contributed by atoms with E-state index in [1.165, 1.54) is 57.8 Å². The fourth-order valence-electron chi connectivity index (χ4n) is 2.12. The van der Waals surface area contributed by atoms with Crippen LogP contribution in [0.25, 0.3) is 0 Å². The van der Waals surface area contributed by atoms with Crippen molar-refractivity contribution in [2.24, 2.45) is 5.16 Å². The van der Waals surface area contributed by atoms with Crippen LogP contribution in [-0.4, -0.2) is 22.1 Å². The fourth-order valence-corrected chi connectivity index (χ4v) is 2.12. The second-order valence-corrected chi connectivity index (χ2v) is 5.44. The topological polar surface area (TPSA) is 52.8 Å². The SMILES string of the molecule is CC(C)O.ON=C1CCCCCCCCCCC1. The summed E-state index contributed by atoms with van der Waals surface area (Å²) in [5.74, 6) is 0. The van der Waals surface area contributed by atoms with E-state index in [1.54, 1.807) is 13.8 Å². The Kier molecular flexibility index (Phi) is 12.5. The molecule has 1 aliphatic rings.